The fourth-order valence-electron chi connectivity index (χ4n) is 0.788. The molecule has 4 nitrogen and oxygen atoms in total. The molecule has 0 spiro atoms. The lowest BCUT2D eigenvalue weighted by Gasteiger charge is -2.04. The number of aromatic nitrogens is 1. The number of rotatable bonds is 4. The van der Waals surface area contributed by atoms with Gasteiger partial charge in [-0.15, -0.1) is 23.4 Å². The zero-order valence-corrected chi connectivity index (χ0v) is 9.09. The Morgan fingerprint density at radius 1 is 1.71 bits per heavy atom. The van der Waals surface area contributed by atoms with Crippen LogP contribution in [0.5, 0.6) is 0 Å². The van der Waals surface area contributed by atoms with E-state index in [2.05, 4.69) is 4.98 Å². The molecule has 0 aliphatic rings. The molecule has 1 atom stereocenters. The Bertz CT molecular complexity index is 318. The van der Waals surface area contributed by atoms with E-state index in [9.17, 15) is 10.1 Å². The molecule has 1 aromatic rings. The first-order chi connectivity index (χ1) is 6.63. The third-order valence-corrected chi connectivity index (χ3v) is 3.17. The third-order valence-electron chi connectivity index (χ3n) is 1.47. The maximum absolute atomic E-state index is 10.3. The topological polar surface area (TPSA) is 56.0 Å². The Labute approximate surface area is 90.8 Å². The van der Waals surface area contributed by atoms with Crippen molar-refractivity contribution in [1.29, 1.82) is 0 Å². The van der Waals surface area contributed by atoms with E-state index in [1.165, 1.54) is 24.0 Å². The zero-order chi connectivity index (χ0) is 10.6. The van der Waals surface area contributed by atoms with E-state index in [-0.39, 0.29) is 10.9 Å². The molecule has 1 rings (SSSR count). The van der Waals surface area contributed by atoms with Crippen molar-refractivity contribution in [2.24, 2.45) is 0 Å². The summed E-state index contributed by atoms with van der Waals surface area (Å²) >= 11 is 7.13. The molecular formula is C8H9ClN2O2S. The number of nitro groups is 1. The van der Waals surface area contributed by atoms with Gasteiger partial charge < -0.3 is 0 Å². The number of hydrogen-bond acceptors (Lipinski definition) is 4. The SMILES string of the molecule is CC(CCl)Sc1ccc([N+](=O)[O-])cn1. The molecular weight excluding hydrogens is 224 g/mol. The molecule has 0 amide bonds. The van der Waals surface area contributed by atoms with Gasteiger partial charge in [0.25, 0.3) is 5.69 Å². The fraction of sp³-hybridized carbons (Fsp3) is 0.375. The highest BCUT2D eigenvalue weighted by Crippen LogP contribution is 2.23. The summed E-state index contributed by atoms with van der Waals surface area (Å²) < 4.78 is 0. The van der Waals surface area contributed by atoms with Crippen LogP contribution in [0.3, 0.4) is 0 Å². The molecule has 0 bridgehead atoms. The van der Waals surface area contributed by atoms with Crippen molar-refractivity contribution in [1.82, 2.24) is 4.98 Å². The van der Waals surface area contributed by atoms with Gasteiger partial charge in [-0.1, -0.05) is 6.92 Å². The van der Waals surface area contributed by atoms with E-state index in [0.717, 1.165) is 5.03 Å². The highest BCUT2D eigenvalue weighted by molar-refractivity contribution is 7.99. The Morgan fingerprint density at radius 2 is 2.43 bits per heavy atom. The van der Waals surface area contributed by atoms with Crippen molar-refractivity contribution in [2.75, 3.05) is 5.88 Å². The smallest absolute Gasteiger partial charge is 0.258 e. The first-order valence-electron chi connectivity index (χ1n) is 3.96. The lowest BCUT2D eigenvalue weighted by molar-refractivity contribution is -0.385. The minimum absolute atomic E-state index is 0.00729. The van der Waals surface area contributed by atoms with Crippen LogP contribution in [-0.2, 0) is 0 Å². The van der Waals surface area contributed by atoms with Crippen molar-refractivity contribution in [2.45, 2.75) is 17.2 Å². The highest BCUT2D eigenvalue weighted by Gasteiger charge is 2.07. The lowest BCUT2D eigenvalue weighted by Crippen LogP contribution is -1.97. The minimum atomic E-state index is -0.466. The van der Waals surface area contributed by atoms with Crippen molar-refractivity contribution >= 4 is 29.1 Å². The molecule has 0 aliphatic heterocycles. The van der Waals surface area contributed by atoms with Crippen LogP contribution in [0.25, 0.3) is 0 Å². The summed E-state index contributed by atoms with van der Waals surface area (Å²) in [5.74, 6) is 0.531. The molecule has 0 aliphatic carbocycles. The van der Waals surface area contributed by atoms with Crippen LogP contribution >= 0.6 is 23.4 Å². The van der Waals surface area contributed by atoms with Gasteiger partial charge in [-0.2, -0.15) is 0 Å². The van der Waals surface area contributed by atoms with Gasteiger partial charge in [0.1, 0.15) is 6.20 Å². The lowest BCUT2D eigenvalue weighted by atomic mass is 10.4. The largest absolute Gasteiger partial charge is 0.287 e. The van der Waals surface area contributed by atoms with E-state index in [1.54, 1.807) is 6.07 Å². The molecule has 6 heteroatoms. The van der Waals surface area contributed by atoms with E-state index in [0.29, 0.717) is 5.88 Å². The van der Waals surface area contributed by atoms with Gasteiger partial charge in [0.2, 0.25) is 0 Å². The van der Waals surface area contributed by atoms with Crippen LogP contribution < -0.4 is 0 Å². The molecule has 0 fully saturated rings. The number of pyridine rings is 1. The van der Waals surface area contributed by atoms with E-state index >= 15 is 0 Å². The maximum Gasteiger partial charge on any atom is 0.287 e. The minimum Gasteiger partial charge on any atom is -0.258 e. The van der Waals surface area contributed by atoms with Crippen molar-refractivity contribution < 1.29 is 4.92 Å². The molecule has 1 aromatic heterocycles. The molecule has 14 heavy (non-hydrogen) atoms. The normalized spacial score (nSPS) is 12.4. The number of thioether (sulfide) groups is 1. The summed E-state index contributed by atoms with van der Waals surface area (Å²) in [5, 5.41) is 11.3. The van der Waals surface area contributed by atoms with Crippen LogP contribution in [-0.4, -0.2) is 21.0 Å². The van der Waals surface area contributed by atoms with Gasteiger partial charge in [0.05, 0.1) is 9.95 Å². The van der Waals surface area contributed by atoms with Gasteiger partial charge in [0, 0.05) is 17.2 Å². The monoisotopic (exact) mass is 232 g/mol. The van der Waals surface area contributed by atoms with Crippen LogP contribution in [0, 0.1) is 10.1 Å². The second-order valence-corrected chi connectivity index (χ2v) is 4.46. The van der Waals surface area contributed by atoms with Gasteiger partial charge in [-0.05, 0) is 6.07 Å². The first-order valence-corrected chi connectivity index (χ1v) is 5.38. The summed E-state index contributed by atoms with van der Waals surface area (Å²) in [6.07, 6.45) is 1.25. The van der Waals surface area contributed by atoms with Gasteiger partial charge in [-0.3, -0.25) is 10.1 Å². The predicted molar refractivity (Wildman–Crippen MR) is 56.9 cm³/mol. The second-order valence-electron chi connectivity index (χ2n) is 2.69. The summed E-state index contributed by atoms with van der Waals surface area (Å²) in [6, 6.07) is 3.07. The van der Waals surface area contributed by atoms with E-state index < -0.39 is 4.92 Å². The molecule has 76 valence electrons. The average molecular weight is 233 g/mol. The molecule has 0 saturated heterocycles. The quantitative estimate of drug-likeness (QED) is 0.347. The summed E-state index contributed by atoms with van der Waals surface area (Å²) in [5.41, 5.74) is 0.00729. The Morgan fingerprint density at radius 3 is 2.86 bits per heavy atom. The number of alkyl halides is 1. The molecule has 0 aromatic carbocycles. The number of hydrogen-bond donors (Lipinski definition) is 0. The van der Waals surface area contributed by atoms with Crippen molar-refractivity contribution in [3.63, 3.8) is 0 Å². The van der Waals surface area contributed by atoms with Gasteiger partial charge in [-0.25, -0.2) is 4.98 Å². The predicted octanol–water partition coefficient (Wildman–Crippen LogP) is 2.71. The Hall–Kier alpha value is -0.810. The Balaban J connectivity index is 2.68. The van der Waals surface area contributed by atoms with E-state index in [1.807, 2.05) is 6.92 Å². The zero-order valence-electron chi connectivity index (χ0n) is 7.51. The highest BCUT2D eigenvalue weighted by atomic mass is 35.5. The number of halogens is 1. The molecule has 1 heterocycles. The van der Waals surface area contributed by atoms with Crippen LogP contribution in [0.15, 0.2) is 23.4 Å². The van der Waals surface area contributed by atoms with Crippen LogP contribution in [0.1, 0.15) is 6.92 Å². The molecule has 0 saturated carbocycles. The van der Waals surface area contributed by atoms with Crippen molar-refractivity contribution in [3.05, 3.63) is 28.4 Å². The van der Waals surface area contributed by atoms with Gasteiger partial charge >= 0.3 is 0 Å². The van der Waals surface area contributed by atoms with Gasteiger partial charge in [0.15, 0.2) is 0 Å². The summed E-state index contributed by atoms with van der Waals surface area (Å²) in [7, 11) is 0. The van der Waals surface area contributed by atoms with Crippen LogP contribution in [0.2, 0.25) is 0 Å². The van der Waals surface area contributed by atoms with Crippen LogP contribution in [0.4, 0.5) is 5.69 Å². The molecule has 0 N–H and O–H groups in total. The first kappa shape index (κ1) is 11.3. The average Bonchev–Trinajstić information content (AvgIpc) is 2.18. The summed E-state index contributed by atoms with van der Waals surface area (Å²) in [4.78, 5) is 13.8. The standard InChI is InChI=1S/C8H9ClN2O2S/c1-6(4-9)14-8-3-2-7(5-10-8)11(12)13/h2-3,5-6H,4H2,1H3. The van der Waals surface area contributed by atoms with Crippen molar-refractivity contribution in [3.8, 4) is 0 Å². The summed E-state index contributed by atoms with van der Waals surface area (Å²) in [6.45, 7) is 1.97. The molecule has 1 unspecified atom stereocenters. The fourth-order valence-corrected chi connectivity index (χ4v) is 1.71. The number of nitrogens with zero attached hydrogens (tertiary/aromatic N) is 2. The second kappa shape index (κ2) is 5.17. The molecule has 0 radical (unpaired) electrons. The Kier molecular flexibility index (Phi) is 4.16. The third kappa shape index (κ3) is 3.16. The van der Waals surface area contributed by atoms with E-state index in [4.69, 9.17) is 11.6 Å². The maximum atomic E-state index is 10.3.